The molecule has 130 valence electrons. The fourth-order valence-electron chi connectivity index (χ4n) is 3.68. The molecule has 0 radical (unpaired) electrons. The van der Waals surface area contributed by atoms with Crippen molar-refractivity contribution in [1.82, 2.24) is 10.2 Å². The molecule has 2 bridgehead atoms. The predicted octanol–water partition coefficient (Wildman–Crippen LogP) is 4.02. The van der Waals surface area contributed by atoms with Crippen molar-refractivity contribution in [3.8, 4) is 11.5 Å². The Morgan fingerprint density at radius 1 is 1.24 bits per heavy atom. The fraction of sp³-hybridized carbons (Fsp3) is 0.350. The van der Waals surface area contributed by atoms with E-state index in [2.05, 4.69) is 35.3 Å². The second-order valence-corrected chi connectivity index (χ2v) is 7.05. The van der Waals surface area contributed by atoms with Crippen LogP contribution in [0.25, 0.3) is 0 Å². The highest BCUT2D eigenvalue weighted by atomic mass is 32.1. The SMILES string of the molecule is CCOc1cccc2c1O[C@@]1(C)C[C@@H]2NC(=S)N1Cc1ccccc1. The van der Waals surface area contributed by atoms with Crippen molar-refractivity contribution in [1.29, 1.82) is 0 Å². The van der Waals surface area contributed by atoms with Crippen molar-refractivity contribution in [2.45, 2.75) is 38.6 Å². The Kier molecular flexibility index (Phi) is 4.04. The molecule has 4 nitrogen and oxygen atoms in total. The third-order valence-electron chi connectivity index (χ3n) is 4.89. The predicted molar refractivity (Wildman–Crippen MR) is 102 cm³/mol. The van der Waals surface area contributed by atoms with Gasteiger partial charge in [0.1, 0.15) is 0 Å². The topological polar surface area (TPSA) is 33.7 Å². The average Bonchev–Trinajstić information content (AvgIpc) is 2.60. The highest BCUT2D eigenvalue weighted by molar-refractivity contribution is 7.80. The molecule has 0 unspecified atom stereocenters. The lowest BCUT2D eigenvalue weighted by Crippen LogP contribution is -2.64. The molecule has 2 aliphatic rings. The highest BCUT2D eigenvalue weighted by Gasteiger charge is 2.48. The Balaban J connectivity index is 1.71. The molecule has 0 aliphatic carbocycles. The second kappa shape index (κ2) is 6.23. The summed E-state index contributed by atoms with van der Waals surface area (Å²) in [5.41, 5.74) is 1.83. The molecular weight excluding hydrogens is 332 g/mol. The molecule has 2 aromatic carbocycles. The minimum atomic E-state index is -0.497. The summed E-state index contributed by atoms with van der Waals surface area (Å²) in [6.45, 7) is 5.42. The first-order valence-electron chi connectivity index (χ1n) is 8.67. The third kappa shape index (κ3) is 2.82. The molecular formula is C20H22N2O2S. The van der Waals surface area contributed by atoms with Gasteiger partial charge in [-0.15, -0.1) is 0 Å². The number of hydrogen-bond acceptors (Lipinski definition) is 3. The van der Waals surface area contributed by atoms with E-state index in [0.717, 1.165) is 28.6 Å². The van der Waals surface area contributed by atoms with E-state index in [9.17, 15) is 0 Å². The number of ether oxygens (including phenoxy) is 2. The Hall–Kier alpha value is -2.27. The summed E-state index contributed by atoms with van der Waals surface area (Å²) in [5, 5.41) is 4.22. The van der Waals surface area contributed by atoms with E-state index >= 15 is 0 Å². The number of thiocarbonyl (C=S) groups is 1. The number of rotatable bonds is 4. The standard InChI is InChI=1S/C20H22N2O2S/c1-3-23-17-11-7-10-15-16-12-20(2,24-18(15)17)22(19(25)21-16)13-14-8-5-4-6-9-14/h4-11,16H,3,12-13H2,1-2H3,(H,21,25)/t16-,20-/m0/s1. The summed E-state index contributed by atoms with van der Waals surface area (Å²) < 4.78 is 12.3. The molecule has 0 spiro atoms. The van der Waals surface area contributed by atoms with Gasteiger partial charge in [0, 0.05) is 18.5 Å². The van der Waals surface area contributed by atoms with Gasteiger partial charge in [0.15, 0.2) is 22.3 Å². The van der Waals surface area contributed by atoms with E-state index in [1.54, 1.807) is 0 Å². The molecule has 2 aromatic rings. The normalized spacial score (nSPS) is 24.2. The summed E-state index contributed by atoms with van der Waals surface area (Å²) in [7, 11) is 0. The minimum absolute atomic E-state index is 0.147. The number of hydrogen-bond donors (Lipinski definition) is 1. The number of fused-ring (bicyclic) bond motifs is 4. The average molecular weight is 354 g/mol. The molecule has 2 heterocycles. The van der Waals surface area contributed by atoms with Gasteiger partial charge in [0.05, 0.1) is 12.6 Å². The van der Waals surface area contributed by atoms with E-state index in [4.69, 9.17) is 21.7 Å². The fourth-order valence-corrected chi connectivity index (χ4v) is 4.08. The van der Waals surface area contributed by atoms with Crippen LogP contribution in [0.3, 0.4) is 0 Å². The van der Waals surface area contributed by atoms with Gasteiger partial charge in [-0.3, -0.25) is 0 Å². The molecule has 0 saturated carbocycles. The first kappa shape index (κ1) is 16.2. The molecule has 1 N–H and O–H groups in total. The van der Waals surface area contributed by atoms with E-state index in [1.165, 1.54) is 5.56 Å². The Morgan fingerprint density at radius 2 is 2.04 bits per heavy atom. The number of nitrogens with one attached hydrogen (secondary N) is 1. The largest absolute Gasteiger partial charge is 0.490 e. The minimum Gasteiger partial charge on any atom is -0.490 e. The zero-order valence-electron chi connectivity index (χ0n) is 14.5. The van der Waals surface area contributed by atoms with Crippen LogP contribution in [0.5, 0.6) is 11.5 Å². The van der Waals surface area contributed by atoms with Crippen LogP contribution in [-0.2, 0) is 6.54 Å². The first-order chi connectivity index (χ1) is 12.1. The highest BCUT2D eigenvalue weighted by Crippen LogP contribution is 2.48. The Morgan fingerprint density at radius 3 is 2.80 bits per heavy atom. The smallest absolute Gasteiger partial charge is 0.184 e. The van der Waals surface area contributed by atoms with Gasteiger partial charge in [0.2, 0.25) is 0 Å². The number of benzene rings is 2. The Bertz CT molecular complexity index is 796. The summed E-state index contributed by atoms with van der Waals surface area (Å²) in [5.74, 6) is 1.63. The first-order valence-corrected chi connectivity index (χ1v) is 9.08. The van der Waals surface area contributed by atoms with Gasteiger partial charge in [0.25, 0.3) is 0 Å². The summed E-state index contributed by atoms with van der Waals surface area (Å²) >= 11 is 5.67. The van der Waals surface area contributed by atoms with E-state index in [0.29, 0.717) is 13.2 Å². The van der Waals surface area contributed by atoms with Crippen LogP contribution in [-0.4, -0.2) is 22.3 Å². The molecule has 1 fully saturated rings. The molecule has 5 heteroatoms. The lowest BCUT2D eigenvalue weighted by molar-refractivity contribution is -0.0738. The molecule has 0 aromatic heterocycles. The van der Waals surface area contributed by atoms with Gasteiger partial charge in [-0.1, -0.05) is 42.5 Å². The Labute approximate surface area is 153 Å². The van der Waals surface area contributed by atoms with Crippen LogP contribution in [0.4, 0.5) is 0 Å². The number of nitrogens with zero attached hydrogens (tertiary/aromatic N) is 1. The van der Waals surface area contributed by atoms with Crippen LogP contribution in [0, 0.1) is 0 Å². The molecule has 2 aliphatic heterocycles. The monoisotopic (exact) mass is 354 g/mol. The summed E-state index contributed by atoms with van der Waals surface area (Å²) in [4.78, 5) is 2.14. The zero-order chi connectivity index (χ0) is 17.4. The van der Waals surface area contributed by atoms with Crippen LogP contribution in [0.1, 0.15) is 37.4 Å². The maximum absolute atomic E-state index is 6.50. The van der Waals surface area contributed by atoms with Crippen molar-refractivity contribution >= 4 is 17.3 Å². The van der Waals surface area contributed by atoms with Crippen LogP contribution >= 0.6 is 12.2 Å². The van der Waals surface area contributed by atoms with Crippen molar-refractivity contribution in [2.24, 2.45) is 0 Å². The molecule has 1 saturated heterocycles. The van der Waals surface area contributed by atoms with Crippen molar-refractivity contribution < 1.29 is 9.47 Å². The maximum Gasteiger partial charge on any atom is 0.184 e. The zero-order valence-corrected chi connectivity index (χ0v) is 15.3. The van der Waals surface area contributed by atoms with Gasteiger partial charge >= 0.3 is 0 Å². The van der Waals surface area contributed by atoms with Gasteiger partial charge in [-0.2, -0.15) is 0 Å². The van der Waals surface area contributed by atoms with E-state index in [-0.39, 0.29) is 6.04 Å². The number of para-hydroxylation sites is 1. The lowest BCUT2D eigenvalue weighted by Gasteiger charge is -2.52. The molecule has 4 rings (SSSR count). The van der Waals surface area contributed by atoms with Crippen molar-refractivity contribution in [3.05, 3.63) is 59.7 Å². The van der Waals surface area contributed by atoms with Gasteiger partial charge < -0.3 is 19.7 Å². The molecule has 25 heavy (non-hydrogen) atoms. The molecule has 2 atom stereocenters. The second-order valence-electron chi connectivity index (χ2n) is 6.66. The van der Waals surface area contributed by atoms with Crippen LogP contribution < -0.4 is 14.8 Å². The van der Waals surface area contributed by atoms with Gasteiger partial charge in [-0.05, 0) is 37.7 Å². The third-order valence-corrected chi connectivity index (χ3v) is 5.23. The maximum atomic E-state index is 6.50. The summed E-state index contributed by atoms with van der Waals surface area (Å²) in [6, 6.07) is 16.6. The quantitative estimate of drug-likeness (QED) is 0.839. The summed E-state index contributed by atoms with van der Waals surface area (Å²) in [6.07, 6.45) is 0.836. The molecule has 0 amide bonds. The van der Waals surface area contributed by atoms with Gasteiger partial charge in [-0.25, -0.2) is 0 Å². The van der Waals surface area contributed by atoms with Crippen molar-refractivity contribution in [3.63, 3.8) is 0 Å². The van der Waals surface area contributed by atoms with E-state index < -0.39 is 5.72 Å². The van der Waals surface area contributed by atoms with Crippen molar-refractivity contribution in [2.75, 3.05) is 6.61 Å². The van der Waals surface area contributed by atoms with E-state index in [1.807, 2.05) is 37.3 Å². The van der Waals surface area contributed by atoms with Crippen LogP contribution in [0.15, 0.2) is 48.5 Å². The van der Waals surface area contributed by atoms with Crippen LogP contribution in [0.2, 0.25) is 0 Å². The lowest BCUT2D eigenvalue weighted by atomic mass is 9.90.